The van der Waals surface area contributed by atoms with Crippen molar-refractivity contribution in [2.45, 2.75) is 418 Å². The van der Waals surface area contributed by atoms with Crippen molar-refractivity contribution < 1.29 is 42.1 Å². The van der Waals surface area contributed by atoms with Gasteiger partial charge in [0, 0.05) is 12.8 Å². The molecule has 0 aliphatic heterocycles. The topological polar surface area (TPSA) is 108 Å². The van der Waals surface area contributed by atoms with Crippen molar-refractivity contribution in [3.8, 4) is 0 Å². The van der Waals surface area contributed by atoms with Crippen LogP contribution in [0.25, 0.3) is 0 Å². The molecule has 0 aromatic rings. The van der Waals surface area contributed by atoms with Crippen LogP contribution in [0.3, 0.4) is 0 Å². The van der Waals surface area contributed by atoms with Gasteiger partial charge in [-0.05, 0) is 38.5 Å². The van der Waals surface area contributed by atoms with E-state index in [-0.39, 0.29) is 25.6 Å². The average molecular weight is 1240 g/mol. The van der Waals surface area contributed by atoms with Crippen LogP contribution in [0.2, 0.25) is 0 Å². The third-order valence-corrected chi connectivity index (χ3v) is 18.8. The van der Waals surface area contributed by atoms with Crippen LogP contribution in [0.5, 0.6) is 0 Å². The Labute approximate surface area is 537 Å². The van der Waals surface area contributed by atoms with Crippen LogP contribution in [-0.4, -0.2) is 74.9 Å². The molecule has 0 bridgehead atoms. The number of rotatable bonds is 73. The van der Waals surface area contributed by atoms with E-state index in [9.17, 15) is 19.0 Å². The highest BCUT2D eigenvalue weighted by Gasteiger charge is 2.27. The summed E-state index contributed by atoms with van der Waals surface area (Å²) >= 11 is 0. The predicted molar refractivity (Wildman–Crippen MR) is 372 cm³/mol. The van der Waals surface area contributed by atoms with Crippen LogP contribution in [0.15, 0.2) is 12.2 Å². The second kappa shape index (κ2) is 68.1. The van der Waals surface area contributed by atoms with E-state index in [1.165, 1.54) is 347 Å². The standard InChI is InChI=1S/C76H150NO8P/c1-6-8-10-12-14-16-18-20-22-24-26-28-30-32-34-36-37-38-39-41-42-44-46-48-50-52-54-56-58-60-62-64-66-68-75(78)82-72-74(73-84-86(80,81)83-71-70-77(3,4)5)85-76(79)69-67-65-63-61-59-57-55-53-51-49-47-45-43-40-35-33-31-29-27-25-23-21-19-17-15-13-11-9-7-2/h25,27,74H,6-24,26,28-73H2,1-5H3/p+1/b27-25-. The molecule has 0 radical (unpaired) electrons. The second-order valence-corrected chi connectivity index (χ2v) is 29.2. The summed E-state index contributed by atoms with van der Waals surface area (Å²) in [5.41, 5.74) is 0. The van der Waals surface area contributed by atoms with Crippen molar-refractivity contribution in [3.63, 3.8) is 0 Å². The van der Waals surface area contributed by atoms with Crippen LogP contribution in [0, 0.1) is 0 Å². The number of nitrogens with zero attached hydrogens (tertiary/aromatic N) is 1. The second-order valence-electron chi connectivity index (χ2n) is 27.8. The Bertz CT molecular complexity index is 1450. The molecule has 0 rings (SSSR count). The highest BCUT2D eigenvalue weighted by Crippen LogP contribution is 2.43. The first-order valence-corrected chi connectivity index (χ1v) is 39.9. The molecular formula is C76H151NO8P+. The Kier molecular flexibility index (Phi) is 67.1. The van der Waals surface area contributed by atoms with Crippen molar-refractivity contribution in [2.24, 2.45) is 0 Å². The lowest BCUT2D eigenvalue weighted by atomic mass is 10.0. The SMILES string of the molecule is CCCCCCCCCC/C=C\CCCCCCCCCCCCCCCCCCCC(=O)OC(COC(=O)CCCCCCCCCCCCCCCCCCCCCCCCCCCCCCCCCCC)COP(=O)(O)OCC[N+](C)(C)C. The number of esters is 2. The van der Waals surface area contributed by atoms with Crippen LogP contribution >= 0.6 is 7.82 Å². The molecule has 0 amide bonds. The molecule has 0 saturated heterocycles. The van der Waals surface area contributed by atoms with Gasteiger partial charge in [0.05, 0.1) is 27.7 Å². The minimum absolute atomic E-state index is 0.0366. The smallest absolute Gasteiger partial charge is 0.462 e. The molecule has 10 heteroatoms. The maximum absolute atomic E-state index is 12.9. The molecule has 0 heterocycles. The minimum atomic E-state index is -4.39. The summed E-state index contributed by atoms with van der Waals surface area (Å²) in [6, 6.07) is 0. The van der Waals surface area contributed by atoms with E-state index in [2.05, 4.69) is 26.0 Å². The number of allylic oxidation sites excluding steroid dienone is 2. The maximum Gasteiger partial charge on any atom is 0.472 e. The molecule has 0 fully saturated rings. The number of hydrogen-bond acceptors (Lipinski definition) is 7. The van der Waals surface area contributed by atoms with Crippen molar-refractivity contribution in [2.75, 3.05) is 47.5 Å². The van der Waals surface area contributed by atoms with E-state index in [4.69, 9.17) is 18.5 Å². The Hall–Kier alpha value is -1.25. The number of likely N-dealkylation sites (N-methyl/N-ethyl adjacent to an activating group) is 1. The van der Waals surface area contributed by atoms with Gasteiger partial charge in [-0.25, -0.2) is 4.57 Å². The fourth-order valence-corrected chi connectivity index (χ4v) is 12.6. The molecule has 0 saturated carbocycles. The third-order valence-electron chi connectivity index (χ3n) is 17.8. The number of quaternary nitrogens is 1. The number of ether oxygens (including phenoxy) is 2. The van der Waals surface area contributed by atoms with Gasteiger partial charge >= 0.3 is 19.8 Å². The van der Waals surface area contributed by atoms with Gasteiger partial charge in [-0.15, -0.1) is 0 Å². The van der Waals surface area contributed by atoms with Crippen molar-refractivity contribution in [1.82, 2.24) is 0 Å². The molecule has 2 unspecified atom stereocenters. The van der Waals surface area contributed by atoms with Crippen molar-refractivity contribution >= 4 is 19.8 Å². The summed E-state index contributed by atoms with van der Waals surface area (Å²) < 4.78 is 34.8. The number of carbonyl (C=O) groups is 2. The van der Waals surface area contributed by atoms with Crippen LogP contribution < -0.4 is 0 Å². The summed E-state index contributed by atoms with van der Waals surface area (Å²) in [4.78, 5) is 35.9. The van der Waals surface area contributed by atoms with Crippen LogP contribution in [-0.2, 0) is 32.7 Å². The van der Waals surface area contributed by atoms with E-state index in [1.807, 2.05) is 21.1 Å². The first kappa shape index (κ1) is 84.8. The molecule has 0 aromatic carbocycles. The van der Waals surface area contributed by atoms with E-state index >= 15 is 0 Å². The Balaban J connectivity index is 3.92. The molecule has 0 aliphatic carbocycles. The average Bonchev–Trinajstić information content (AvgIpc) is 3.67. The van der Waals surface area contributed by atoms with Gasteiger partial charge in [0.2, 0.25) is 0 Å². The summed E-state index contributed by atoms with van der Waals surface area (Å²) in [6.45, 7) is 4.53. The van der Waals surface area contributed by atoms with Gasteiger partial charge in [0.15, 0.2) is 6.10 Å². The zero-order valence-electron chi connectivity index (χ0n) is 58.6. The first-order chi connectivity index (χ1) is 42.0. The molecule has 0 aromatic heterocycles. The lowest BCUT2D eigenvalue weighted by Crippen LogP contribution is -2.37. The fourth-order valence-electron chi connectivity index (χ4n) is 11.9. The number of carbonyl (C=O) groups excluding carboxylic acids is 2. The molecule has 512 valence electrons. The molecule has 86 heavy (non-hydrogen) atoms. The summed E-state index contributed by atoms with van der Waals surface area (Å²) in [5, 5.41) is 0. The maximum atomic E-state index is 12.9. The first-order valence-electron chi connectivity index (χ1n) is 38.4. The minimum Gasteiger partial charge on any atom is -0.462 e. The molecule has 0 aliphatic rings. The van der Waals surface area contributed by atoms with Gasteiger partial charge in [-0.1, -0.05) is 373 Å². The number of hydrogen-bond donors (Lipinski definition) is 1. The molecule has 1 N–H and O–H groups in total. The largest absolute Gasteiger partial charge is 0.472 e. The number of unbranched alkanes of at least 4 members (excludes halogenated alkanes) is 57. The van der Waals surface area contributed by atoms with E-state index < -0.39 is 26.5 Å². The number of phosphoric ester groups is 1. The van der Waals surface area contributed by atoms with Crippen LogP contribution in [0.1, 0.15) is 412 Å². The van der Waals surface area contributed by atoms with Crippen LogP contribution in [0.4, 0.5) is 0 Å². The van der Waals surface area contributed by atoms with E-state index in [0.717, 1.165) is 38.5 Å². The Morgan fingerprint density at radius 1 is 0.349 bits per heavy atom. The van der Waals surface area contributed by atoms with Gasteiger partial charge in [-0.3, -0.25) is 18.6 Å². The summed E-state index contributed by atoms with van der Waals surface area (Å²) in [5.74, 6) is -0.769. The lowest BCUT2D eigenvalue weighted by Gasteiger charge is -2.24. The summed E-state index contributed by atoms with van der Waals surface area (Å²) in [7, 11) is 1.51. The van der Waals surface area contributed by atoms with Gasteiger partial charge in [0.25, 0.3) is 0 Å². The normalized spacial score (nSPS) is 13.0. The highest BCUT2D eigenvalue weighted by molar-refractivity contribution is 7.47. The van der Waals surface area contributed by atoms with E-state index in [1.54, 1.807) is 0 Å². The lowest BCUT2D eigenvalue weighted by molar-refractivity contribution is -0.870. The molecular weight excluding hydrogens is 1090 g/mol. The highest BCUT2D eigenvalue weighted by atomic mass is 31.2. The monoisotopic (exact) mass is 1240 g/mol. The Morgan fingerprint density at radius 2 is 0.593 bits per heavy atom. The zero-order chi connectivity index (χ0) is 62.6. The zero-order valence-corrected chi connectivity index (χ0v) is 59.5. The molecule has 2 atom stereocenters. The Morgan fingerprint density at radius 3 is 0.860 bits per heavy atom. The number of phosphoric acid groups is 1. The molecule has 9 nitrogen and oxygen atoms in total. The quantitative estimate of drug-likeness (QED) is 0.0211. The van der Waals surface area contributed by atoms with Gasteiger partial charge < -0.3 is 18.9 Å². The third kappa shape index (κ3) is 71.8. The molecule has 0 spiro atoms. The predicted octanol–water partition coefficient (Wildman–Crippen LogP) is 25.1. The van der Waals surface area contributed by atoms with E-state index in [0.29, 0.717) is 17.4 Å². The van der Waals surface area contributed by atoms with Gasteiger partial charge in [-0.2, -0.15) is 0 Å². The van der Waals surface area contributed by atoms with Gasteiger partial charge in [0.1, 0.15) is 19.8 Å². The fraction of sp³-hybridized carbons (Fsp3) is 0.947. The van der Waals surface area contributed by atoms with Crippen molar-refractivity contribution in [3.05, 3.63) is 12.2 Å². The summed E-state index contributed by atoms with van der Waals surface area (Å²) in [6.07, 6.45) is 85.0. The van der Waals surface area contributed by atoms with Crippen molar-refractivity contribution in [1.29, 1.82) is 0 Å².